The summed E-state index contributed by atoms with van der Waals surface area (Å²) in [5, 5.41) is 9.67. The van der Waals surface area contributed by atoms with Crippen LogP contribution >= 0.6 is 22.6 Å². The molecule has 0 saturated heterocycles. The third-order valence-electron chi connectivity index (χ3n) is 4.33. The van der Waals surface area contributed by atoms with E-state index in [2.05, 4.69) is 37.5 Å². The summed E-state index contributed by atoms with van der Waals surface area (Å²) >= 11 is 2.23. The van der Waals surface area contributed by atoms with Gasteiger partial charge in [-0.05, 0) is 53.6 Å². The lowest BCUT2D eigenvalue weighted by atomic mass is 10.1. The average Bonchev–Trinajstić information content (AvgIpc) is 3.17. The number of ether oxygens (including phenoxy) is 2. The van der Waals surface area contributed by atoms with E-state index in [0.717, 1.165) is 9.13 Å². The largest absolute Gasteiger partial charge is 0.454 e. The van der Waals surface area contributed by atoms with Crippen molar-refractivity contribution in [1.82, 2.24) is 19.5 Å². The molecule has 3 N–H and O–H groups in total. The van der Waals surface area contributed by atoms with Crippen molar-refractivity contribution >= 4 is 39.6 Å². The molecule has 0 aliphatic carbocycles. The number of aromatic nitrogens is 4. The summed E-state index contributed by atoms with van der Waals surface area (Å²) in [6.07, 6.45) is -0.471. The highest BCUT2D eigenvalue weighted by Gasteiger charge is 2.21. The average molecular weight is 485 g/mol. The maximum Gasteiger partial charge on any atom is 0.312 e. The van der Waals surface area contributed by atoms with Gasteiger partial charge in [-0.1, -0.05) is 0 Å². The summed E-state index contributed by atoms with van der Waals surface area (Å²) in [6, 6.07) is 3.83. The molecule has 10 heteroatoms. The quantitative estimate of drug-likeness (QED) is 0.422. The molecule has 1 aliphatic heterocycles. The molecule has 0 bridgehead atoms. The van der Waals surface area contributed by atoms with E-state index in [4.69, 9.17) is 15.2 Å². The molecule has 1 aliphatic rings. The number of fused-ring (bicyclic) bond motifs is 2. The van der Waals surface area contributed by atoms with Crippen molar-refractivity contribution in [1.29, 1.82) is 0 Å². The van der Waals surface area contributed by atoms with Crippen molar-refractivity contribution in [3.8, 4) is 11.5 Å². The molecule has 0 spiro atoms. The van der Waals surface area contributed by atoms with Gasteiger partial charge in [-0.25, -0.2) is 4.98 Å². The number of benzene rings is 1. The summed E-state index contributed by atoms with van der Waals surface area (Å²) in [4.78, 5) is 12.0. The summed E-state index contributed by atoms with van der Waals surface area (Å²) in [6.45, 7) is 2.33. The Balaban J connectivity index is 1.78. The van der Waals surface area contributed by atoms with E-state index in [9.17, 15) is 9.50 Å². The first-order valence-electron chi connectivity index (χ1n) is 8.36. The number of anilines is 1. The number of nitrogens with zero attached hydrogens (tertiary/aromatic N) is 4. The van der Waals surface area contributed by atoms with E-state index in [1.807, 2.05) is 12.1 Å². The molecular weight excluding hydrogens is 468 g/mol. The van der Waals surface area contributed by atoms with Gasteiger partial charge < -0.3 is 24.9 Å². The van der Waals surface area contributed by atoms with Crippen LogP contribution in [0.3, 0.4) is 0 Å². The van der Waals surface area contributed by atoms with Gasteiger partial charge >= 0.3 is 6.08 Å². The number of aliphatic hydroxyl groups excluding tert-OH is 1. The van der Waals surface area contributed by atoms with Gasteiger partial charge in [-0.2, -0.15) is 14.4 Å². The van der Waals surface area contributed by atoms with Gasteiger partial charge in [0.2, 0.25) is 6.79 Å². The molecule has 0 saturated carbocycles. The summed E-state index contributed by atoms with van der Waals surface area (Å²) in [5.74, 6) is 2.05. The van der Waals surface area contributed by atoms with E-state index in [1.165, 1.54) is 0 Å². The molecule has 27 heavy (non-hydrogen) atoms. The molecule has 3 aromatic rings. The van der Waals surface area contributed by atoms with Crippen molar-refractivity contribution in [3.63, 3.8) is 0 Å². The number of aryl methyl sites for hydroxylation is 1. The van der Waals surface area contributed by atoms with E-state index in [0.29, 0.717) is 47.9 Å². The lowest BCUT2D eigenvalue weighted by Crippen LogP contribution is -2.11. The zero-order chi connectivity index (χ0) is 19.1. The monoisotopic (exact) mass is 485 g/mol. The molecule has 0 fully saturated rings. The van der Waals surface area contributed by atoms with Crippen molar-refractivity contribution in [3.05, 3.63) is 33.2 Å². The molecule has 0 amide bonds. The van der Waals surface area contributed by atoms with E-state index in [-0.39, 0.29) is 12.6 Å². The Kier molecular flexibility index (Phi) is 4.76. The first kappa shape index (κ1) is 18.2. The van der Waals surface area contributed by atoms with Crippen LogP contribution in [0.15, 0.2) is 12.1 Å². The Hall–Kier alpha value is -2.21. The second-order valence-corrected chi connectivity index (χ2v) is 7.50. The fourth-order valence-electron chi connectivity index (χ4n) is 2.99. The molecule has 1 aromatic carbocycles. The Bertz CT molecular complexity index is 1020. The molecule has 1 unspecified atom stereocenters. The Labute approximate surface area is 167 Å². The van der Waals surface area contributed by atoms with Crippen molar-refractivity contribution in [2.75, 3.05) is 12.5 Å². The molecular formula is C17H17FIN5O3. The molecule has 0 radical (unpaired) electrons. The second-order valence-electron chi connectivity index (χ2n) is 6.34. The van der Waals surface area contributed by atoms with Crippen LogP contribution in [-0.4, -0.2) is 37.5 Å². The molecule has 2 aromatic heterocycles. The van der Waals surface area contributed by atoms with E-state index in [1.54, 1.807) is 11.5 Å². The number of rotatable bonds is 5. The maximum absolute atomic E-state index is 13.7. The van der Waals surface area contributed by atoms with Gasteiger partial charge in [0.25, 0.3) is 0 Å². The molecule has 3 heterocycles. The summed E-state index contributed by atoms with van der Waals surface area (Å²) in [5.41, 5.74) is 7.50. The minimum absolute atomic E-state index is 0.00469. The van der Waals surface area contributed by atoms with Crippen molar-refractivity contribution < 1.29 is 19.0 Å². The predicted molar refractivity (Wildman–Crippen MR) is 104 cm³/mol. The Morgan fingerprint density at radius 3 is 2.78 bits per heavy atom. The van der Waals surface area contributed by atoms with Crippen LogP contribution < -0.4 is 15.2 Å². The van der Waals surface area contributed by atoms with Crippen LogP contribution in [0.4, 0.5) is 10.2 Å². The van der Waals surface area contributed by atoms with Gasteiger partial charge in [0.05, 0.1) is 6.10 Å². The Morgan fingerprint density at radius 1 is 1.30 bits per heavy atom. The fourth-order valence-corrected chi connectivity index (χ4v) is 3.62. The van der Waals surface area contributed by atoms with Crippen molar-refractivity contribution in [2.24, 2.45) is 0 Å². The lowest BCUT2D eigenvalue weighted by Gasteiger charge is -2.11. The number of hydrogen-bond donors (Lipinski definition) is 2. The molecule has 8 nitrogen and oxygen atoms in total. The highest BCUT2D eigenvalue weighted by Crippen LogP contribution is 2.36. The van der Waals surface area contributed by atoms with Crippen LogP contribution in [0.25, 0.3) is 11.2 Å². The summed E-state index contributed by atoms with van der Waals surface area (Å²) in [7, 11) is 0. The SMILES string of the molecule is CC(O)CCn1c(Cc2cc3c(cc2I)OCO3)nc2c(N)nc(F)nc21. The van der Waals surface area contributed by atoms with Gasteiger partial charge in [-0.15, -0.1) is 0 Å². The number of hydrogen-bond acceptors (Lipinski definition) is 7. The highest BCUT2D eigenvalue weighted by molar-refractivity contribution is 14.1. The zero-order valence-electron chi connectivity index (χ0n) is 14.4. The van der Waals surface area contributed by atoms with E-state index >= 15 is 0 Å². The summed E-state index contributed by atoms with van der Waals surface area (Å²) < 4.78 is 27.3. The second kappa shape index (κ2) is 7.08. The van der Waals surface area contributed by atoms with Gasteiger partial charge in [-0.3, -0.25) is 0 Å². The number of imidazole rings is 1. The molecule has 4 rings (SSSR count). The first-order valence-corrected chi connectivity index (χ1v) is 9.44. The predicted octanol–water partition coefficient (Wildman–Crippen LogP) is 2.24. The molecule has 142 valence electrons. The minimum atomic E-state index is -0.901. The topological polar surface area (TPSA) is 108 Å². The van der Waals surface area contributed by atoms with Gasteiger partial charge in [0.1, 0.15) is 5.82 Å². The fraction of sp³-hybridized carbons (Fsp3) is 0.353. The third-order valence-corrected chi connectivity index (χ3v) is 5.34. The minimum Gasteiger partial charge on any atom is -0.454 e. The number of aliphatic hydroxyl groups is 1. The smallest absolute Gasteiger partial charge is 0.312 e. The zero-order valence-corrected chi connectivity index (χ0v) is 16.6. The van der Waals surface area contributed by atoms with Gasteiger partial charge in [0.15, 0.2) is 28.5 Å². The number of nitrogen functional groups attached to an aromatic ring is 1. The Morgan fingerprint density at radius 2 is 2.04 bits per heavy atom. The normalized spacial score (nSPS) is 14.1. The van der Waals surface area contributed by atoms with Crippen LogP contribution in [0.2, 0.25) is 0 Å². The molecule has 1 atom stereocenters. The van der Waals surface area contributed by atoms with Gasteiger partial charge in [0, 0.05) is 16.5 Å². The van der Waals surface area contributed by atoms with Crippen LogP contribution in [0, 0.1) is 9.65 Å². The van der Waals surface area contributed by atoms with Crippen molar-refractivity contribution in [2.45, 2.75) is 32.4 Å². The van der Waals surface area contributed by atoms with Crippen LogP contribution in [0.5, 0.6) is 11.5 Å². The van der Waals surface area contributed by atoms with E-state index < -0.39 is 12.2 Å². The van der Waals surface area contributed by atoms with Crippen LogP contribution in [0.1, 0.15) is 24.7 Å². The number of halogens is 2. The maximum atomic E-state index is 13.7. The standard InChI is InChI=1S/C17H17FIN5O3/c1-8(25)2-3-24-13(21-14-15(20)22-17(18)23-16(14)24)5-9-4-11-12(6-10(9)19)27-7-26-11/h4,6,8,25H,2-3,5,7H2,1H3,(H2,20,22,23). The first-order chi connectivity index (χ1) is 12.9. The highest BCUT2D eigenvalue weighted by atomic mass is 127. The lowest BCUT2D eigenvalue weighted by molar-refractivity contribution is 0.174. The number of nitrogens with two attached hydrogens (primary N) is 1. The third kappa shape index (κ3) is 3.50. The van der Waals surface area contributed by atoms with Crippen LogP contribution in [-0.2, 0) is 13.0 Å².